The van der Waals surface area contributed by atoms with Crippen LogP contribution < -0.4 is 10.1 Å². The first-order chi connectivity index (χ1) is 10.4. The molecule has 2 aromatic carbocycles. The molecule has 0 aromatic heterocycles. The average molecular weight is 281 g/mol. The van der Waals surface area contributed by atoms with Gasteiger partial charge in [-0.15, -0.1) is 0 Å². The lowest BCUT2D eigenvalue weighted by Crippen LogP contribution is -2.21. The standard InChI is InChI=1S/C19H23NO/c1-2-20-18(15-8-4-3-5-9-15)13-12-16-14-21-19-11-7-6-10-17(16)19/h3-11,16,18,20H,2,12-14H2,1H3. The molecule has 0 fully saturated rings. The third-order valence-electron chi connectivity index (χ3n) is 4.26. The normalized spacial score (nSPS) is 18.0. The highest BCUT2D eigenvalue weighted by Crippen LogP contribution is 2.37. The van der Waals surface area contributed by atoms with Gasteiger partial charge in [0.15, 0.2) is 0 Å². The molecule has 2 atom stereocenters. The van der Waals surface area contributed by atoms with Gasteiger partial charge in [-0.25, -0.2) is 0 Å². The number of hydrogen-bond donors (Lipinski definition) is 1. The number of hydrogen-bond acceptors (Lipinski definition) is 2. The third kappa shape index (κ3) is 3.27. The fraction of sp³-hybridized carbons (Fsp3) is 0.368. The SMILES string of the molecule is CCNC(CCC1COc2ccccc21)c1ccccc1. The zero-order valence-electron chi connectivity index (χ0n) is 12.6. The Kier molecular flexibility index (Phi) is 4.56. The molecule has 1 heterocycles. The zero-order chi connectivity index (χ0) is 14.5. The quantitative estimate of drug-likeness (QED) is 0.852. The van der Waals surface area contributed by atoms with Crippen molar-refractivity contribution in [2.45, 2.75) is 31.7 Å². The summed E-state index contributed by atoms with van der Waals surface area (Å²) in [5.74, 6) is 1.60. The molecule has 1 aliphatic rings. The molecule has 2 unspecified atom stereocenters. The lowest BCUT2D eigenvalue weighted by molar-refractivity contribution is 0.317. The molecule has 0 spiro atoms. The smallest absolute Gasteiger partial charge is 0.122 e. The summed E-state index contributed by atoms with van der Waals surface area (Å²) in [6.07, 6.45) is 2.30. The van der Waals surface area contributed by atoms with Gasteiger partial charge >= 0.3 is 0 Å². The maximum atomic E-state index is 5.79. The number of nitrogens with one attached hydrogen (secondary N) is 1. The van der Waals surface area contributed by atoms with Crippen molar-refractivity contribution < 1.29 is 4.74 Å². The topological polar surface area (TPSA) is 21.3 Å². The van der Waals surface area contributed by atoms with E-state index >= 15 is 0 Å². The first kappa shape index (κ1) is 14.2. The van der Waals surface area contributed by atoms with E-state index in [2.05, 4.69) is 60.8 Å². The lowest BCUT2D eigenvalue weighted by atomic mass is 9.92. The molecule has 0 saturated carbocycles. The Balaban J connectivity index is 1.66. The summed E-state index contributed by atoms with van der Waals surface area (Å²) in [4.78, 5) is 0. The maximum absolute atomic E-state index is 5.79. The minimum absolute atomic E-state index is 0.434. The van der Waals surface area contributed by atoms with Crippen LogP contribution in [0, 0.1) is 0 Å². The van der Waals surface area contributed by atoms with Gasteiger partial charge in [-0.3, -0.25) is 0 Å². The Hall–Kier alpha value is -1.80. The second-order valence-electron chi connectivity index (χ2n) is 5.64. The Bertz CT molecular complexity index is 567. The Morgan fingerprint density at radius 3 is 2.67 bits per heavy atom. The van der Waals surface area contributed by atoms with E-state index in [1.807, 2.05) is 6.07 Å². The molecule has 1 aliphatic heterocycles. The van der Waals surface area contributed by atoms with Crippen molar-refractivity contribution in [3.05, 3.63) is 65.7 Å². The second kappa shape index (κ2) is 6.77. The largest absolute Gasteiger partial charge is 0.493 e. The first-order valence-electron chi connectivity index (χ1n) is 7.88. The fourth-order valence-corrected chi connectivity index (χ4v) is 3.15. The molecular weight excluding hydrogens is 258 g/mol. The fourth-order valence-electron chi connectivity index (χ4n) is 3.15. The maximum Gasteiger partial charge on any atom is 0.122 e. The van der Waals surface area contributed by atoms with E-state index in [-0.39, 0.29) is 0 Å². The van der Waals surface area contributed by atoms with Crippen LogP contribution in [0.25, 0.3) is 0 Å². The van der Waals surface area contributed by atoms with Gasteiger partial charge in [0.05, 0.1) is 6.61 Å². The predicted octanol–water partition coefficient (Wildman–Crippen LogP) is 4.29. The first-order valence-corrected chi connectivity index (χ1v) is 7.88. The van der Waals surface area contributed by atoms with Crippen molar-refractivity contribution in [3.8, 4) is 5.75 Å². The minimum atomic E-state index is 0.434. The van der Waals surface area contributed by atoms with E-state index in [4.69, 9.17) is 4.74 Å². The van der Waals surface area contributed by atoms with Crippen LogP contribution in [0.5, 0.6) is 5.75 Å². The van der Waals surface area contributed by atoms with E-state index in [0.29, 0.717) is 12.0 Å². The van der Waals surface area contributed by atoms with Crippen LogP contribution in [0.15, 0.2) is 54.6 Å². The van der Waals surface area contributed by atoms with Crippen molar-refractivity contribution in [2.24, 2.45) is 0 Å². The van der Waals surface area contributed by atoms with Gasteiger partial charge in [0.1, 0.15) is 5.75 Å². The molecule has 2 heteroatoms. The number of ether oxygens (including phenoxy) is 1. The van der Waals surface area contributed by atoms with Crippen molar-refractivity contribution in [2.75, 3.05) is 13.2 Å². The van der Waals surface area contributed by atoms with Crippen LogP contribution in [0.4, 0.5) is 0 Å². The van der Waals surface area contributed by atoms with Crippen LogP contribution in [0.1, 0.15) is 42.9 Å². The van der Waals surface area contributed by atoms with Crippen molar-refractivity contribution in [3.63, 3.8) is 0 Å². The van der Waals surface area contributed by atoms with Gasteiger partial charge in [-0.2, -0.15) is 0 Å². The number of para-hydroxylation sites is 1. The summed E-state index contributed by atoms with van der Waals surface area (Å²) < 4.78 is 5.79. The molecule has 0 saturated heterocycles. The van der Waals surface area contributed by atoms with Gasteiger partial charge in [0.2, 0.25) is 0 Å². The molecule has 1 N–H and O–H groups in total. The average Bonchev–Trinajstić information content (AvgIpc) is 2.95. The Labute approximate surface area is 127 Å². The summed E-state index contributed by atoms with van der Waals surface area (Å²) in [6, 6.07) is 19.6. The molecular formula is C19H23NO. The molecule has 0 amide bonds. The highest BCUT2D eigenvalue weighted by molar-refractivity contribution is 5.39. The van der Waals surface area contributed by atoms with E-state index in [1.165, 1.54) is 11.1 Å². The highest BCUT2D eigenvalue weighted by Gasteiger charge is 2.24. The number of benzene rings is 2. The van der Waals surface area contributed by atoms with Crippen LogP contribution in [0.3, 0.4) is 0 Å². The van der Waals surface area contributed by atoms with Gasteiger partial charge in [0, 0.05) is 17.5 Å². The second-order valence-corrected chi connectivity index (χ2v) is 5.64. The lowest BCUT2D eigenvalue weighted by Gasteiger charge is -2.20. The Morgan fingerprint density at radius 1 is 1.10 bits per heavy atom. The molecule has 0 bridgehead atoms. The van der Waals surface area contributed by atoms with Crippen molar-refractivity contribution in [1.82, 2.24) is 5.32 Å². The molecule has 0 aliphatic carbocycles. The summed E-state index contributed by atoms with van der Waals surface area (Å²) in [5, 5.41) is 3.61. The predicted molar refractivity (Wildman–Crippen MR) is 86.8 cm³/mol. The molecule has 2 nitrogen and oxygen atoms in total. The van der Waals surface area contributed by atoms with E-state index in [1.54, 1.807) is 0 Å². The Morgan fingerprint density at radius 2 is 1.86 bits per heavy atom. The molecule has 110 valence electrons. The third-order valence-corrected chi connectivity index (χ3v) is 4.26. The molecule has 2 aromatic rings. The minimum Gasteiger partial charge on any atom is -0.493 e. The van der Waals surface area contributed by atoms with Crippen molar-refractivity contribution in [1.29, 1.82) is 0 Å². The van der Waals surface area contributed by atoms with E-state index in [0.717, 1.165) is 31.7 Å². The number of rotatable bonds is 6. The van der Waals surface area contributed by atoms with Crippen molar-refractivity contribution >= 4 is 0 Å². The summed E-state index contributed by atoms with van der Waals surface area (Å²) >= 11 is 0. The summed E-state index contributed by atoms with van der Waals surface area (Å²) in [5.41, 5.74) is 2.76. The van der Waals surface area contributed by atoms with Gasteiger partial charge in [0.25, 0.3) is 0 Å². The van der Waals surface area contributed by atoms with Gasteiger partial charge in [-0.1, -0.05) is 55.5 Å². The van der Waals surface area contributed by atoms with Crippen LogP contribution in [-0.4, -0.2) is 13.2 Å². The molecule has 21 heavy (non-hydrogen) atoms. The molecule has 0 radical (unpaired) electrons. The van der Waals surface area contributed by atoms with E-state index < -0.39 is 0 Å². The summed E-state index contributed by atoms with van der Waals surface area (Å²) in [6.45, 7) is 3.99. The van der Waals surface area contributed by atoms with Crippen LogP contribution >= 0.6 is 0 Å². The molecule has 3 rings (SSSR count). The van der Waals surface area contributed by atoms with Gasteiger partial charge in [-0.05, 0) is 31.0 Å². The van der Waals surface area contributed by atoms with E-state index in [9.17, 15) is 0 Å². The van der Waals surface area contributed by atoms with Crippen LogP contribution in [0.2, 0.25) is 0 Å². The van der Waals surface area contributed by atoms with Crippen LogP contribution in [-0.2, 0) is 0 Å². The van der Waals surface area contributed by atoms with Gasteiger partial charge < -0.3 is 10.1 Å². The summed E-state index contributed by atoms with van der Waals surface area (Å²) in [7, 11) is 0. The zero-order valence-corrected chi connectivity index (χ0v) is 12.6. The highest BCUT2D eigenvalue weighted by atomic mass is 16.5. The number of fused-ring (bicyclic) bond motifs is 1. The monoisotopic (exact) mass is 281 g/mol.